The smallest absolute Gasteiger partial charge is 0.245 e. The van der Waals surface area contributed by atoms with Gasteiger partial charge in [0.1, 0.15) is 11.9 Å². The molecular formula is C16H19FN2O2. The first-order chi connectivity index (χ1) is 10.1. The maximum Gasteiger partial charge on any atom is 0.245 e. The maximum atomic E-state index is 12.9. The van der Waals surface area contributed by atoms with Crippen molar-refractivity contribution >= 4 is 11.8 Å². The van der Waals surface area contributed by atoms with Gasteiger partial charge in [0.2, 0.25) is 11.8 Å². The number of benzene rings is 1. The number of likely N-dealkylation sites (tertiary alicyclic amines) is 1. The predicted octanol–water partition coefficient (Wildman–Crippen LogP) is 1.50. The zero-order valence-corrected chi connectivity index (χ0v) is 11.8. The summed E-state index contributed by atoms with van der Waals surface area (Å²) >= 11 is 0. The van der Waals surface area contributed by atoms with Gasteiger partial charge in [-0.25, -0.2) is 4.39 Å². The molecule has 112 valence electrons. The number of hydrogen-bond acceptors (Lipinski definition) is 2. The Morgan fingerprint density at radius 1 is 1.29 bits per heavy atom. The average Bonchev–Trinajstić information content (AvgIpc) is 3.10. The Labute approximate surface area is 123 Å². The molecule has 2 heterocycles. The van der Waals surface area contributed by atoms with E-state index in [-0.39, 0.29) is 23.7 Å². The molecule has 0 radical (unpaired) electrons. The van der Waals surface area contributed by atoms with Crippen LogP contribution in [0.2, 0.25) is 0 Å². The van der Waals surface area contributed by atoms with Gasteiger partial charge in [0.15, 0.2) is 0 Å². The van der Waals surface area contributed by atoms with E-state index in [1.54, 1.807) is 12.1 Å². The Morgan fingerprint density at radius 2 is 2.05 bits per heavy atom. The molecule has 1 aromatic rings. The minimum absolute atomic E-state index is 0.0320. The largest absolute Gasteiger partial charge is 0.344 e. The van der Waals surface area contributed by atoms with Gasteiger partial charge in [0.05, 0.1) is 0 Å². The van der Waals surface area contributed by atoms with E-state index >= 15 is 0 Å². The molecule has 0 spiro atoms. The van der Waals surface area contributed by atoms with Crippen LogP contribution in [-0.2, 0) is 16.0 Å². The molecule has 2 atom stereocenters. The van der Waals surface area contributed by atoms with Crippen LogP contribution in [0.15, 0.2) is 24.3 Å². The van der Waals surface area contributed by atoms with E-state index in [0.717, 1.165) is 31.5 Å². The van der Waals surface area contributed by atoms with Gasteiger partial charge in [-0.2, -0.15) is 0 Å². The fourth-order valence-electron chi connectivity index (χ4n) is 3.17. The number of hydrogen-bond donors (Lipinski definition) is 1. The van der Waals surface area contributed by atoms with Crippen LogP contribution in [0.1, 0.15) is 24.8 Å². The van der Waals surface area contributed by atoms with Gasteiger partial charge in [-0.15, -0.1) is 0 Å². The molecule has 2 amide bonds. The number of amides is 2. The van der Waals surface area contributed by atoms with Crippen LogP contribution in [0, 0.1) is 11.7 Å². The molecule has 0 saturated carbocycles. The molecule has 1 aromatic carbocycles. The van der Waals surface area contributed by atoms with E-state index in [2.05, 4.69) is 5.32 Å². The Bertz CT molecular complexity index is 544. The summed E-state index contributed by atoms with van der Waals surface area (Å²) in [4.78, 5) is 25.3. The monoisotopic (exact) mass is 290 g/mol. The second-order valence-corrected chi connectivity index (χ2v) is 5.93. The Morgan fingerprint density at radius 3 is 2.71 bits per heavy atom. The van der Waals surface area contributed by atoms with Gasteiger partial charge in [-0.3, -0.25) is 9.59 Å². The lowest BCUT2D eigenvalue weighted by atomic mass is 9.99. The Hall–Kier alpha value is -1.91. The van der Waals surface area contributed by atoms with Crippen molar-refractivity contribution in [3.63, 3.8) is 0 Å². The SMILES string of the molecule is O=C1CC[C@H](C(=O)N2CCC(Cc3ccc(F)cc3)C2)N1. The fraction of sp³-hybridized carbons (Fsp3) is 0.500. The summed E-state index contributed by atoms with van der Waals surface area (Å²) in [5.41, 5.74) is 1.10. The van der Waals surface area contributed by atoms with Crippen molar-refractivity contribution in [1.82, 2.24) is 10.2 Å². The molecule has 0 aromatic heterocycles. The highest BCUT2D eigenvalue weighted by Crippen LogP contribution is 2.23. The normalized spacial score (nSPS) is 25.2. The highest BCUT2D eigenvalue weighted by atomic mass is 19.1. The van der Waals surface area contributed by atoms with Crippen molar-refractivity contribution in [2.75, 3.05) is 13.1 Å². The van der Waals surface area contributed by atoms with E-state index in [4.69, 9.17) is 0 Å². The lowest BCUT2D eigenvalue weighted by Crippen LogP contribution is -2.43. The summed E-state index contributed by atoms with van der Waals surface area (Å²) < 4.78 is 12.9. The second kappa shape index (κ2) is 5.84. The van der Waals surface area contributed by atoms with Gasteiger partial charge in [0.25, 0.3) is 0 Å². The molecule has 2 aliphatic rings. The minimum atomic E-state index is -0.331. The number of carbonyl (C=O) groups excluding carboxylic acids is 2. The number of nitrogens with zero attached hydrogens (tertiary/aromatic N) is 1. The van der Waals surface area contributed by atoms with Crippen molar-refractivity contribution in [2.45, 2.75) is 31.7 Å². The number of rotatable bonds is 3. The first-order valence-electron chi connectivity index (χ1n) is 7.44. The van der Waals surface area contributed by atoms with E-state index in [9.17, 15) is 14.0 Å². The quantitative estimate of drug-likeness (QED) is 0.917. The zero-order valence-electron chi connectivity index (χ0n) is 11.8. The highest BCUT2D eigenvalue weighted by Gasteiger charge is 2.34. The van der Waals surface area contributed by atoms with Gasteiger partial charge in [-0.05, 0) is 42.9 Å². The van der Waals surface area contributed by atoms with Crippen molar-refractivity contribution in [3.8, 4) is 0 Å². The van der Waals surface area contributed by atoms with Crippen molar-refractivity contribution < 1.29 is 14.0 Å². The molecule has 5 heteroatoms. The number of nitrogens with one attached hydrogen (secondary N) is 1. The summed E-state index contributed by atoms with van der Waals surface area (Å²) in [6, 6.07) is 6.22. The second-order valence-electron chi connectivity index (χ2n) is 5.93. The molecule has 1 N–H and O–H groups in total. The lowest BCUT2D eigenvalue weighted by molar-refractivity contribution is -0.133. The average molecular weight is 290 g/mol. The maximum absolute atomic E-state index is 12.9. The van der Waals surface area contributed by atoms with Gasteiger partial charge in [-0.1, -0.05) is 12.1 Å². The van der Waals surface area contributed by atoms with Gasteiger partial charge in [0, 0.05) is 19.5 Å². The predicted molar refractivity (Wildman–Crippen MR) is 76.0 cm³/mol. The minimum Gasteiger partial charge on any atom is -0.344 e. The van der Waals surface area contributed by atoms with Crippen LogP contribution >= 0.6 is 0 Å². The first kappa shape index (κ1) is 14.0. The van der Waals surface area contributed by atoms with Gasteiger partial charge >= 0.3 is 0 Å². The molecular weight excluding hydrogens is 271 g/mol. The summed E-state index contributed by atoms with van der Waals surface area (Å²) in [5.74, 6) is 0.202. The topological polar surface area (TPSA) is 49.4 Å². The molecule has 0 aliphatic carbocycles. The molecule has 2 aliphatic heterocycles. The molecule has 4 nitrogen and oxygen atoms in total. The number of carbonyl (C=O) groups is 2. The molecule has 0 bridgehead atoms. The van der Waals surface area contributed by atoms with Crippen LogP contribution in [0.25, 0.3) is 0 Å². The van der Waals surface area contributed by atoms with Crippen LogP contribution in [0.4, 0.5) is 4.39 Å². The summed E-state index contributed by atoms with van der Waals surface area (Å²) in [5, 5.41) is 2.73. The van der Waals surface area contributed by atoms with E-state index < -0.39 is 0 Å². The van der Waals surface area contributed by atoms with Crippen molar-refractivity contribution in [3.05, 3.63) is 35.6 Å². The standard InChI is InChI=1S/C16H19FN2O2/c17-13-3-1-11(2-4-13)9-12-7-8-19(10-12)16(21)14-5-6-15(20)18-14/h1-4,12,14H,5-10H2,(H,18,20)/t12?,14-/m1/s1. The molecule has 2 saturated heterocycles. The van der Waals surface area contributed by atoms with Crippen molar-refractivity contribution in [2.24, 2.45) is 5.92 Å². The van der Waals surface area contributed by atoms with Crippen LogP contribution in [0.3, 0.4) is 0 Å². The number of halogens is 1. The van der Waals surface area contributed by atoms with Crippen LogP contribution < -0.4 is 5.32 Å². The van der Waals surface area contributed by atoms with Crippen LogP contribution in [-0.4, -0.2) is 35.8 Å². The van der Waals surface area contributed by atoms with Crippen molar-refractivity contribution in [1.29, 1.82) is 0 Å². The van der Waals surface area contributed by atoms with E-state index in [1.165, 1.54) is 12.1 Å². The van der Waals surface area contributed by atoms with E-state index in [0.29, 0.717) is 18.8 Å². The first-order valence-corrected chi connectivity index (χ1v) is 7.44. The lowest BCUT2D eigenvalue weighted by Gasteiger charge is -2.20. The molecule has 3 rings (SSSR count). The van der Waals surface area contributed by atoms with E-state index in [1.807, 2.05) is 4.90 Å². The molecule has 1 unspecified atom stereocenters. The van der Waals surface area contributed by atoms with Crippen LogP contribution in [0.5, 0.6) is 0 Å². The fourth-order valence-corrected chi connectivity index (χ4v) is 3.17. The summed E-state index contributed by atoms with van der Waals surface area (Å²) in [6.07, 6.45) is 2.88. The molecule has 2 fully saturated rings. The summed E-state index contributed by atoms with van der Waals surface area (Å²) in [6.45, 7) is 1.47. The zero-order chi connectivity index (χ0) is 14.8. The third-order valence-electron chi connectivity index (χ3n) is 4.33. The highest BCUT2D eigenvalue weighted by molar-refractivity contribution is 5.90. The third-order valence-corrected chi connectivity index (χ3v) is 4.33. The molecule has 21 heavy (non-hydrogen) atoms. The third kappa shape index (κ3) is 3.23. The Balaban J connectivity index is 1.54. The summed E-state index contributed by atoms with van der Waals surface area (Å²) in [7, 11) is 0. The van der Waals surface area contributed by atoms with Gasteiger partial charge < -0.3 is 10.2 Å². The Kier molecular flexibility index (Phi) is 3.90.